The monoisotopic (exact) mass is 453 g/mol. The SMILES string of the molecule is CCOC(=O)c1scc(-c2ccc(C)cc2)c1S(=O)(=O)Nc1ccc(F)c(Cl)c1. The quantitative estimate of drug-likeness (QED) is 0.500. The fourth-order valence-electron chi connectivity index (χ4n) is 2.65. The number of nitrogens with one attached hydrogen (secondary N) is 1. The third-order valence-electron chi connectivity index (χ3n) is 4.01. The number of sulfonamides is 1. The van der Waals surface area contributed by atoms with Crippen LogP contribution in [-0.2, 0) is 14.8 Å². The van der Waals surface area contributed by atoms with Crippen molar-refractivity contribution in [2.24, 2.45) is 0 Å². The molecule has 0 fully saturated rings. The number of anilines is 1. The molecule has 0 saturated carbocycles. The fourth-order valence-corrected chi connectivity index (χ4v) is 5.57. The van der Waals surface area contributed by atoms with Gasteiger partial charge in [0.1, 0.15) is 15.6 Å². The van der Waals surface area contributed by atoms with E-state index in [0.29, 0.717) is 11.1 Å². The van der Waals surface area contributed by atoms with Gasteiger partial charge in [-0.25, -0.2) is 17.6 Å². The van der Waals surface area contributed by atoms with Crippen LogP contribution >= 0.6 is 22.9 Å². The van der Waals surface area contributed by atoms with Gasteiger partial charge in [-0.15, -0.1) is 11.3 Å². The van der Waals surface area contributed by atoms with Crippen molar-refractivity contribution in [2.45, 2.75) is 18.7 Å². The smallest absolute Gasteiger partial charge is 0.349 e. The molecule has 0 amide bonds. The highest BCUT2D eigenvalue weighted by Gasteiger charge is 2.30. The number of hydrogen-bond donors (Lipinski definition) is 1. The van der Waals surface area contributed by atoms with Crippen molar-refractivity contribution >= 4 is 44.6 Å². The van der Waals surface area contributed by atoms with E-state index < -0.39 is 21.8 Å². The van der Waals surface area contributed by atoms with E-state index in [1.165, 1.54) is 6.07 Å². The standard InChI is InChI=1S/C20H17ClFNO4S2/c1-3-27-20(24)18-19(15(11-28-18)13-6-4-12(2)5-7-13)29(25,26)23-14-8-9-17(22)16(21)10-14/h4-11,23H,3H2,1-2H3. The summed E-state index contributed by atoms with van der Waals surface area (Å²) >= 11 is 6.74. The zero-order valence-corrected chi connectivity index (χ0v) is 17.9. The summed E-state index contributed by atoms with van der Waals surface area (Å²) in [5.74, 6) is -1.40. The van der Waals surface area contributed by atoms with Crippen LogP contribution in [0.3, 0.4) is 0 Å². The van der Waals surface area contributed by atoms with E-state index >= 15 is 0 Å². The zero-order chi connectivity index (χ0) is 21.2. The maximum absolute atomic E-state index is 13.4. The minimum absolute atomic E-state index is 0.0388. The summed E-state index contributed by atoms with van der Waals surface area (Å²) in [7, 11) is -4.20. The van der Waals surface area contributed by atoms with E-state index in [4.69, 9.17) is 16.3 Å². The molecule has 0 unspecified atom stereocenters. The Morgan fingerprint density at radius 3 is 2.52 bits per heavy atom. The molecule has 0 radical (unpaired) electrons. The Hall–Kier alpha value is -2.42. The number of hydrogen-bond acceptors (Lipinski definition) is 5. The van der Waals surface area contributed by atoms with Crippen molar-refractivity contribution in [1.82, 2.24) is 0 Å². The third kappa shape index (κ3) is 4.60. The highest BCUT2D eigenvalue weighted by Crippen LogP contribution is 2.37. The minimum Gasteiger partial charge on any atom is -0.462 e. The van der Waals surface area contributed by atoms with E-state index in [9.17, 15) is 17.6 Å². The van der Waals surface area contributed by atoms with Crippen LogP contribution in [0.1, 0.15) is 22.2 Å². The normalized spacial score (nSPS) is 11.3. The van der Waals surface area contributed by atoms with Gasteiger partial charge in [0.05, 0.1) is 17.3 Å². The first-order valence-electron chi connectivity index (χ1n) is 8.56. The van der Waals surface area contributed by atoms with E-state index in [0.717, 1.165) is 29.0 Å². The Morgan fingerprint density at radius 1 is 1.21 bits per heavy atom. The van der Waals surface area contributed by atoms with Gasteiger partial charge in [-0.2, -0.15) is 0 Å². The highest BCUT2D eigenvalue weighted by molar-refractivity contribution is 7.93. The molecule has 0 aliphatic carbocycles. The lowest BCUT2D eigenvalue weighted by molar-refractivity contribution is 0.0528. The van der Waals surface area contributed by atoms with Gasteiger partial charge >= 0.3 is 5.97 Å². The maximum atomic E-state index is 13.4. The van der Waals surface area contributed by atoms with Gasteiger partial charge in [-0.3, -0.25) is 4.72 Å². The highest BCUT2D eigenvalue weighted by atomic mass is 35.5. The molecule has 0 spiro atoms. The topological polar surface area (TPSA) is 72.5 Å². The van der Waals surface area contributed by atoms with Crippen LogP contribution in [0.25, 0.3) is 11.1 Å². The summed E-state index contributed by atoms with van der Waals surface area (Å²) in [4.78, 5) is 12.2. The van der Waals surface area contributed by atoms with E-state index in [2.05, 4.69) is 4.72 Å². The average Bonchev–Trinajstić information content (AvgIpc) is 3.12. The van der Waals surface area contributed by atoms with E-state index in [1.807, 2.05) is 19.1 Å². The molecular weight excluding hydrogens is 437 g/mol. The molecule has 0 bridgehead atoms. The number of thiophene rings is 1. The molecule has 0 saturated heterocycles. The largest absolute Gasteiger partial charge is 0.462 e. The van der Waals surface area contributed by atoms with Crippen molar-refractivity contribution in [3.05, 3.63) is 69.1 Å². The summed E-state index contributed by atoms with van der Waals surface area (Å²) < 4.78 is 47.2. The van der Waals surface area contributed by atoms with Crippen LogP contribution in [0.2, 0.25) is 5.02 Å². The third-order valence-corrected chi connectivity index (χ3v) is 6.85. The van der Waals surface area contributed by atoms with E-state index in [1.54, 1.807) is 24.4 Å². The number of aryl methyl sites for hydroxylation is 1. The molecule has 152 valence electrons. The summed E-state index contributed by atoms with van der Waals surface area (Å²) in [5.41, 5.74) is 2.10. The Morgan fingerprint density at radius 2 is 1.90 bits per heavy atom. The van der Waals surface area contributed by atoms with Gasteiger partial charge in [0.15, 0.2) is 0 Å². The van der Waals surface area contributed by atoms with Crippen molar-refractivity contribution in [2.75, 3.05) is 11.3 Å². The number of carbonyl (C=O) groups is 1. The van der Waals surface area contributed by atoms with Crippen LogP contribution in [0.5, 0.6) is 0 Å². The van der Waals surface area contributed by atoms with Crippen LogP contribution in [0, 0.1) is 12.7 Å². The Labute approximate surface area is 177 Å². The van der Waals surface area contributed by atoms with Crippen molar-refractivity contribution in [1.29, 1.82) is 0 Å². The maximum Gasteiger partial charge on any atom is 0.349 e. The molecule has 3 aromatic rings. The number of ether oxygens (including phenoxy) is 1. The molecule has 1 N–H and O–H groups in total. The minimum atomic E-state index is -4.20. The zero-order valence-electron chi connectivity index (χ0n) is 15.5. The summed E-state index contributed by atoms with van der Waals surface area (Å²) in [6, 6.07) is 10.7. The van der Waals surface area contributed by atoms with Crippen molar-refractivity contribution < 1.29 is 22.3 Å². The molecule has 1 heterocycles. The molecule has 5 nitrogen and oxygen atoms in total. The lowest BCUT2D eigenvalue weighted by atomic mass is 10.1. The van der Waals surface area contributed by atoms with Gasteiger partial charge in [0, 0.05) is 10.9 Å². The number of rotatable bonds is 6. The van der Waals surface area contributed by atoms with Gasteiger partial charge in [0.2, 0.25) is 0 Å². The van der Waals surface area contributed by atoms with Gasteiger partial charge in [-0.05, 0) is 37.6 Å². The van der Waals surface area contributed by atoms with Gasteiger partial charge in [0.25, 0.3) is 10.0 Å². The summed E-state index contributed by atoms with van der Waals surface area (Å²) in [6.07, 6.45) is 0. The lowest BCUT2D eigenvalue weighted by Crippen LogP contribution is -2.17. The summed E-state index contributed by atoms with van der Waals surface area (Å²) in [5, 5.41) is 1.38. The van der Waals surface area contributed by atoms with Gasteiger partial charge in [-0.1, -0.05) is 41.4 Å². The first-order chi connectivity index (χ1) is 13.7. The lowest BCUT2D eigenvalue weighted by Gasteiger charge is -2.12. The molecular formula is C20H17ClFNO4S2. The number of benzene rings is 2. The second-order valence-corrected chi connectivity index (χ2v) is 9.03. The first-order valence-corrected chi connectivity index (χ1v) is 11.3. The van der Waals surface area contributed by atoms with Crippen molar-refractivity contribution in [3.8, 4) is 11.1 Å². The van der Waals surface area contributed by atoms with Crippen molar-refractivity contribution in [3.63, 3.8) is 0 Å². The van der Waals surface area contributed by atoms with Crippen LogP contribution < -0.4 is 4.72 Å². The molecule has 29 heavy (non-hydrogen) atoms. The van der Waals surface area contributed by atoms with E-state index in [-0.39, 0.29) is 27.1 Å². The molecule has 2 aromatic carbocycles. The number of esters is 1. The predicted octanol–water partition coefficient (Wildman–Crippen LogP) is 5.49. The molecule has 9 heteroatoms. The second-order valence-electron chi connectivity index (χ2n) is 6.13. The van der Waals surface area contributed by atoms with Gasteiger partial charge < -0.3 is 4.74 Å². The van der Waals surface area contributed by atoms with Crippen LogP contribution in [-0.4, -0.2) is 21.0 Å². The Kier molecular flexibility index (Phi) is 6.26. The summed E-state index contributed by atoms with van der Waals surface area (Å²) in [6.45, 7) is 3.66. The fraction of sp³-hybridized carbons (Fsp3) is 0.150. The molecule has 1 aromatic heterocycles. The van der Waals surface area contributed by atoms with Crippen LogP contribution in [0.4, 0.5) is 10.1 Å². The molecule has 0 aliphatic rings. The second kappa shape index (κ2) is 8.52. The average molecular weight is 454 g/mol. The number of halogens is 2. The Bertz CT molecular complexity index is 1160. The predicted molar refractivity (Wildman–Crippen MR) is 113 cm³/mol. The molecule has 3 rings (SSSR count). The number of carbonyl (C=O) groups excluding carboxylic acids is 1. The first kappa shape index (κ1) is 21.3. The molecule has 0 atom stereocenters. The molecule has 0 aliphatic heterocycles. The van der Waals surface area contributed by atoms with Crippen LogP contribution in [0.15, 0.2) is 52.7 Å². The Balaban J connectivity index is 2.13.